The first kappa shape index (κ1) is 24.4. The maximum Gasteiger partial charge on any atom is 0.303 e. The van der Waals surface area contributed by atoms with Gasteiger partial charge in [-0.2, -0.15) is 0 Å². The van der Waals surface area contributed by atoms with Gasteiger partial charge in [0.25, 0.3) is 0 Å². The lowest BCUT2D eigenvalue weighted by molar-refractivity contribution is -0.272. The Labute approximate surface area is 155 Å². The Kier molecular flexibility index (Phi) is 15.2. The Balaban J connectivity index is 4.87. The number of ether oxygens (including phenoxy) is 2. The van der Waals surface area contributed by atoms with Gasteiger partial charge in [0.2, 0.25) is 0 Å². The van der Waals surface area contributed by atoms with Crippen LogP contribution in [0.2, 0.25) is 0 Å². The van der Waals surface area contributed by atoms with Gasteiger partial charge in [0, 0.05) is 25.6 Å². The van der Waals surface area contributed by atoms with Gasteiger partial charge in [-0.1, -0.05) is 66.2 Å². The average molecular weight is 359 g/mol. The zero-order chi connectivity index (χ0) is 19.0. The molecule has 4 nitrogen and oxygen atoms in total. The van der Waals surface area contributed by atoms with Crippen LogP contribution in [0.1, 0.15) is 105 Å². The van der Waals surface area contributed by atoms with Gasteiger partial charge in [-0.15, -0.1) is 0 Å². The van der Waals surface area contributed by atoms with E-state index in [1.165, 1.54) is 32.1 Å². The molecule has 0 aliphatic rings. The van der Waals surface area contributed by atoms with Crippen LogP contribution in [0.25, 0.3) is 0 Å². The molecule has 1 atom stereocenters. The summed E-state index contributed by atoms with van der Waals surface area (Å²) in [5, 5.41) is 9.14. The summed E-state index contributed by atoms with van der Waals surface area (Å²) < 4.78 is 12.4. The number of carbonyl (C=O) groups is 1. The Morgan fingerprint density at radius 2 is 1.40 bits per heavy atom. The highest BCUT2D eigenvalue weighted by molar-refractivity contribution is 5.66. The van der Waals surface area contributed by atoms with Crippen molar-refractivity contribution >= 4 is 5.97 Å². The molecular formula is C21H42O4. The summed E-state index contributed by atoms with van der Waals surface area (Å²) in [6.45, 7) is 9.85. The van der Waals surface area contributed by atoms with Gasteiger partial charge in [0.15, 0.2) is 5.79 Å². The molecule has 25 heavy (non-hydrogen) atoms. The SMILES string of the molecule is CCCCCCCCC(CCC(=O)O)C(CC)(OCCC)OCCC. The molecule has 150 valence electrons. The predicted molar refractivity (Wildman–Crippen MR) is 104 cm³/mol. The molecule has 0 spiro atoms. The maximum absolute atomic E-state index is 11.1. The zero-order valence-corrected chi connectivity index (χ0v) is 17.1. The lowest BCUT2D eigenvalue weighted by atomic mass is 9.86. The van der Waals surface area contributed by atoms with E-state index in [9.17, 15) is 4.79 Å². The van der Waals surface area contributed by atoms with Gasteiger partial charge in [-0.05, 0) is 32.1 Å². The fourth-order valence-corrected chi connectivity index (χ4v) is 3.37. The molecule has 0 aromatic heterocycles. The molecule has 4 heteroatoms. The monoisotopic (exact) mass is 358 g/mol. The molecule has 0 amide bonds. The van der Waals surface area contributed by atoms with E-state index in [0.717, 1.165) is 32.1 Å². The minimum atomic E-state index is -0.732. The summed E-state index contributed by atoms with van der Waals surface area (Å²) in [4.78, 5) is 11.1. The number of carboxylic acids is 1. The third kappa shape index (κ3) is 10.9. The first-order valence-electron chi connectivity index (χ1n) is 10.6. The van der Waals surface area contributed by atoms with Crippen LogP contribution < -0.4 is 0 Å². The van der Waals surface area contributed by atoms with Crippen LogP contribution in [0.15, 0.2) is 0 Å². The van der Waals surface area contributed by atoms with Crippen molar-refractivity contribution in [3.63, 3.8) is 0 Å². The number of unbranched alkanes of at least 4 members (excludes halogenated alkanes) is 5. The van der Waals surface area contributed by atoms with Crippen molar-refractivity contribution in [3.8, 4) is 0 Å². The summed E-state index contributed by atoms with van der Waals surface area (Å²) >= 11 is 0. The third-order valence-corrected chi connectivity index (χ3v) is 4.83. The van der Waals surface area contributed by atoms with Crippen molar-refractivity contribution in [2.75, 3.05) is 13.2 Å². The van der Waals surface area contributed by atoms with Gasteiger partial charge >= 0.3 is 5.97 Å². The van der Waals surface area contributed by atoms with Crippen LogP contribution >= 0.6 is 0 Å². The second-order valence-corrected chi connectivity index (χ2v) is 7.05. The number of hydrogen-bond donors (Lipinski definition) is 1. The predicted octanol–water partition coefficient (Wildman–Crippen LogP) is 6.18. The van der Waals surface area contributed by atoms with Crippen molar-refractivity contribution in [2.45, 2.75) is 111 Å². The number of aliphatic carboxylic acids is 1. The lowest BCUT2D eigenvalue weighted by Gasteiger charge is -2.40. The molecule has 0 aliphatic heterocycles. The summed E-state index contributed by atoms with van der Waals surface area (Å²) in [6, 6.07) is 0. The van der Waals surface area contributed by atoms with E-state index < -0.39 is 11.8 Å². The molecule has 0 bridgehead atoms. The first-order valence-corrected chi connectivity index (χ1v) is 10.6. The zero-order valence-electron chi connectivity index (χ0n) is 17.1. The van der Waals surface area contributed by atoms with E-state index in [2.05, 4.69) is 27.7 Å². The Morgan fingerprint density at radius 1 is 0.840 bits per heavy atom. The normalized spacial score (nSPS) is 13.1. The van der Waals surface area contributed by atoms with E-state index in [4.69, 9.17) is 14.6 Å². The second kappa shape index (κ2) is 15.6. The fraction of sp³-hybridized carbons (Fsp3) is 0.952. The Morgan fingerprint density at radius 3 is 1.88 bits per heavy atom. The third-order valence-electron chi connectivity index (χ3n) is 4.83. The van der Waals surface area contributed by atoms with E-state index in [1.54, 1.807) is 0 Å². The summed E-state index contributed by atoms with van der Waals surface area (Å²) in [6.07, 6.45) is 11.9. The highest BCUT2D eigenvalue weighted by Crippen LogP contribution is 2.35. The standard InChI is InChI=1S/C21H42O4/c1-5-9-10-11-12-13-14-19(15-16-20(22)23)21(8-4,24-17-6-2)25-18-7-3/h19H,5-18H2,1-4H3,(H,22,23). The molecule has 0 saturated heterocycles. The molecule has 0 rings (SSSR count). The quantitative estimate of drug-likeness (QED) is 0.235. The fourth-order valence-electron chi connectivity index (χ4n) is 3.37. The highest BCUT2D eigenvalue weighted by Gasteiger charge is 2.39. The maximum atomic E-state index is 11.1. The van der Waals surface area contributed by atoms with Gasteiger partial charge < -0.3 is 14.6 Å². The van der Waals surface area contributed by atoms with Crippen LogP contribution in [-0.2, 0) is 14.3 Å². The van der Waals surface area contributed by atoms with E-state index >= 15 is 0 Å². The summed E-state index contributed by atoms with van der Waals surface area (Å²) in [5.74, 6) is -1.20. The van der Waals surface area contributed by atoms with Crippen molar-refractivity contribution in [1.82, 2.24) is 0 Å². The summed E-state index contributed by atoms with van der Waals surface area (Å²) in [5.41, 5.74) is 0. The van der Waals surface area contributed by atoms with Gasteiger partial charge in [0.05, 0.1) is 0 Å². The Bertz CT molecular complexity index is 309. The van der Waals surface area contributed by atoms with Crippen LogP contribution in [0.3, 0.4) is 0 Å². The van der Waals surface area contributed by atoms with Gasteiger partial charge in [-0.3, -0.25) is 4.79 Å². The molecule has 1 unspecified atom stereocenters. The lowest BCUT2D eigenvalue weighted by Crippen LogP contribution is -2.44. The van der Waals surface area contributed by atoms with E-state index in [0.29, 0.717) is 19.6 Å². The molecule has 0 aromatic rings. The topological polar surface area (TPSA) is 55.8 Å². The minimum absolute atomic E-state index is 0.151. The molecule has 0 saturated carbocycles. The second-order valence-electron chi connectivity index (χ2n) is 7.05. The van der Waals surface area contributed by atoms with Crippen molar-refractivity contribution < 1.29 is 19.4 Å². The first-order chi connectivity index (χ1) is 12.1. The van der Waals surface area contributed by atoms with E-state index in [1.807, 2.05) is 0 Å². The molecule has 0 aromatic carbocycles. The molecule has 0 fully saturated rings. The number of carboxylic acid groups (broad SMARTS) is 1. The smallest absolute Gasteiger partial charge is 0.303 e. The van der Waals surface area contributed by atoms with Crippen molar-refractivity contribution in [2.24, 2.45) is 5.92 Å². The molecule has 1 N–H and O–H groups in total. The van der Waals surface area contributed by atoms with Crippen molar-refractivity contribution in [3.05, 3.63) is 0 Å². The van der Waals surface area contributed by atoms with Crippen LogP contribution in [0, 0.1) is 5.92 Å². The molecule has 0 radical (unpaired) electrons. The van der Waals surface area contributed by atoms with Crippen LogP contribution in [0.4, 0.5) is 0 Å². The number of hydrogen-bond acceptors (Lipinski definition) is 3. The molecule has 0 aliphatic carbocycles. The average Bonchev–Trinajstić information content (AvgIpc) is 2.61. The van der Waals surface area contributed by atoms with Crippen molar-refractivity contribution in [1.29, 1.82) is 0 Å². The molecular weight excluding hydrogens is 316 g/mol. The van der Waals surface area contributed by atoms with E-state index in [-0.39, 0.29) is 12.3 Å². The largest absolute Gasteiger partial charge is 0.481 e. The van der Waals surface area contributed by atoms with Crippen LogP contribution in [0.5, 0.6) is 0 Å². The summed E-state index contributed by atoms with van der Waals surface area (Å²) in [7, 11) is 0. The minimum Gasteiger partial charge on any atom is -0.481 e. The van der Waals surface area contributed by atoms with Gasteiger partial charge in [0.1, 0.15) is 0 Å². The van der Waals surface area contributed by atoms with Gasteiger partial charge in [-0.25, -0.2) is 0 Å². The molecule has 0 heterocycles. The number of rotatable bonds is 18. The Hall–Kier alpha value is -0.610. The van der Waals surface area contributed by atoms with Crippen LogP contribution in [-0.4, -0.2) is 30.1 Å². The highest BCUT2D eigenvalue weighted by atomic mass is 16.7.